The molecule has 0 atom stereocenters. The van der Waals surface area contributed by atoms with Crippen molar-refractivity contribution in [3.63, 3.8) is 0 Å². The van der Waals surface area contributed by atoms with Crippen molar-refractivity contribution in [2.24, 2.45) is 0 Å². The Balaban J connectivity index is 1.94. The quantitative estimate of drug-likeness (QED) is 0.666. The van der Waals surface area contributed by atoms with Crippen LogP contribution in [0.3, 0.4) is 0 Å². The molecule has 3 nitrogen and oxygen atoms in total. The van der Waals surface area contributed by atoms with E-state index in [0.29, 0.717) is 17.8 Å². The number of carbonyl (C=O) groups is 1. The smallest absolute Gasteiger partial charge is 0.153 e. The minimum absolute atomic E-state index is 0.487. The van der Waals surface area contributed by atoms with E-state index >= 15 is 0 Å². The Kier molecular flexibility index (Phi) is 3.25. The molecule has 1 aromatic heterocycles. The minimum atomic E-state index is 0.487. The number of aldehydes is 1. The number of rotatable bonds is 4. The molecule has 100 valence electrons. The van der Waals surface area contributed by atoms with Gasteiger partial charge in [-0.15, -0.1) is 0 Å². The fourth-order valence-corrected chi connectivity index (χ4v) is 2.20. The molecule has 0 fully saturated rings. The molecule has 2 aromatic carbocycles. The van der Waals surface area contributed by atoms with E-state index in [0.717, 1.165) is 28.7 Å². The highest BCUT2D eigenvalue weighted by molar-refractivity contribution is 5.97. The number of fused-ring (bicyclic) bond motifs is 1. The van der Waals surface area contributed by atoms with Crippen LogP contribution in [0.2, 0.25) is 0 Å². The van der Waals surface area contributed by atoms with E-state index < -0.39 is 0 Å². The molecule has 0 amide bonds. The van der Waals surface area contributed by atoms with Crippen LogP contribution in [0.1, 0.15) is 21.7 Å². The van der Waals surface area contributed by atoms with E-state index in [2.05, 4.69) is 0 Å². The molecular formula is C17H14O3. The molecule has 3 aromatic rings. The Hall–Kier alpha value is -2.55. The number of furan rings is 1. The Morgan fingerprint density at radius 3 is 2.70 bits per heavy atom. The van der Waals surface area contributed by atoms with Gasteiger partial charge in [0, 0.05) is 0 Å². The average Bonchev–Trinajstić information content (AvgIpc) is 2.87. The van der Waals surface area contributed by atoms with E-state index in [1.807, 2.05) is 49.4 Å². The van der Waals surface area contributed by atoms with E-state index in [1.165, 1.54) is 0 Å². The minimum Gasteiger partial charge on any atom is -0.488 e. The zero-order chi connectivity index (χ0) is 13.9. The summed E-state index contributed by atoms with van der Waals surface area (Å²) in [5, 5.41) is 0.836. The molecule has 0 radical (unpaired) electrons. The molecule has 0 aliphatic rings. The van der Waals surface area contributed by atoms with E-state index in [9.17, 15) is 4.79 Å². The van der Waals surface area contributed by atoms with Crippen LogP contribution >= 0.6 is 0 Å². The van der Waals surface area contributed by atoms with Crippen molar-refractivity contribution in [2.45, 2.75) is 13.5 Å². The highest BCUT2D eigenvalue weighted by Gasteiger charge is 2.11. The Morgan fingerprint density at radius 1 is 1.15 bits per heavy atom. The molecule has 0 aliphatic heterocycles. The molecule has 20 heavy (non-hydrogen) atoms. The molecule has 0 saturated carbocycles. The molecule has 0 spiro atoms. The van der Waals surface area contributed by atoms with E-state index in [1.54, 1.807) is 6.07 Å². The predicted molar refractivity (Wildman–Crippen MR) is 77.1 cm³/mol. The van der Waals surface area contributed by atoms with Crippen LogP contribution in [0.4, 0.5) is 0 Å². The molecule has 3 rings (SSSR count). The molecule has 3 heteroatoms. The van der Waals surface area contributed by atoms with Gasteiger partial charge in [0.1, 0.15) is 23.7 Å². The number of hydrogen-bond donors (Lipinski definition) is 0. The topological polar surface area (TPSA) is 39.4 Å². The highest BCUT2D eigenvalue weighted by atomic mass is 16.5. The van der Waals surface area contributed by atoms with E-state index in [-0.39, 0.29) is 0 Å². The van der Waals surface area contributed by atoms with Gasteiger partial charge in [0.15, 0.2) is 6.29 Å². The van der Waals surface area contributed by atoms with Gasteiger partial charge < -0.3 is 9.15 Å². The number of hydrogen-bond acceptors (Lipinski definition) is 3. The maximum atomic E-state index is 11.0. The first kappa shape index (κ1) is 12.5. The van der Waals surface area contributed by atoms with Gasteiger partial charge in [0.05, 0.1) is 10.9 Å². The maximum absolute atomic E-state index is 11.0. The van der Waals surface area contributed by atoms with Crippen molar-refractivity contribution >= 4 is 17.3 Å². The van der Waals surface area contributed by atoms with Crippen LogP contribution in [0.15, 0.2) is 52.9 Å². The van der Waals surface area contributed by atoms with Crippen LogP contribution in [-0.4, -0.2) is 6.29 Å². The van der Waals surface area contributed by atoms with Gasteiger partial charge in [-0.25, -0.2) is 0 Å². The molecule has 1 heterocycles. The number of carbonyl (C=O) groups excluding carboxylic acids is 1. The second kappa shape index (κ2) is 5.21. The van der Waals surface area contributed by atoms with Crippen molar-refractivity contribution in [1.82, 2.24) is 0 Å². The average molecular weight is 266 g/mol. The molecule has 0 bridgehead atoms. The van der Waals surface area contributed by atoms with Crippen molar-refractivity contribution < 1.29 is 13.9 Å². The first-order valence-electron chi connectivity index (χ1n) is 6.43. The van der Waals surface area contributed by atoms with Gasteiger partial charge in [0.25, 0.3) is 0 Å². The fraction of sp³-hybridized carbons (Fsp3) is 0.118. The van der Waals surface area contributed by atoms with E-state index in [4.69, 9.17) is 9.15 Å². The van der Waals surface area contributed by atoms with Crippen molar-refractivity contribution in [3.05, 3.63) is 65.4 Å². The summed E-state index contributed by atoms with van der Waals surface area (Å²) in [5.41, 5.74) is 2.23. The summed E-state index contributed by atoms with van der Waals surface area (Å²) in [6, 6.07) is 15.4. The van der Waals surface area contributed by atoms with Crippen LogP contribution in [0.25, 0.3) is 11.0 Å². The monoisotopic (exact) mass is 266 g/mol. The second-order valence-electron chi connectivity index (χ2n) is 4.64. The zero-order valence-electron chi connectivity index (χ0n) is 11.1. The summed E-state index contributed by atoms with van der Waals surface area (Å²) in [5.74, 6) is 1.49. The van der Waals surface area contributed by atoms with Crippen LogP contribution in [0, 0.1) is 6.92 Å². The Labute approximate surface area is 116 Å². The van der Waals surface area contributed by atoms with Crippen LogP contribution in [-0.2, 0) is 6.61 Å². The second-order valence-corrected chi connectivity index (χ2v) is 4.64. The number of benzene rings is 2. The lowest BCUT2D eigenvalue weighted by atomic mass is 10.1. The molecule has 0 N–H and O–H groups in total. The van der Waals surface area contributed by atoms with Gasteiger partial charge in [-0.3, -0.25) is 4.79 Å². The van der Waals surface area contributed by atoms with Gasteiger partial charge in [-0.1, -0.05) is 30.3 Å². The maximum Gasteiger partial charge on any atom is 0.153 e. The lowest BCUT2D eigenvalue weighted by molar-refractivity contribution is 0.112. The van der Waals surface area contributed by atoms with Gasteiger partial charge in [0.2, 0.25) is 0 Å². The van der Waals surface area contributed by atoms with Gasteiger partial charge in [-0.05, 0) is 30.7 Å². The summed E-state index contributed by atoms with van der Waals surface area (Å²) < 4.78 is 11.4. The van der Waals surface area contributed by atoms with Gasteiger partial charge >= 0.3 is 0 Å². The summed E-state index contributed by atoms with van der Waals surface area (Å²) in [6.07, 6.45) is 0.798. The number of ether oxygens (including phenoxy) is 1. The summed E-state index contributed by atoms with van der Waals surface area (Å²) >= 11 is 0. The molecule has 0 unspecified atom stereocenters. The first-order valence-corrected chi connectivity index (χ1v) is 6.43. The van der Waals surface area contributed by atoms with Gasteiger partial charge in [-0.2, -0.15) is 0 Å². The number of aryl methyl sites for hydroxylation is 1. The molecule has 0 saturated heterocycles. The summed E-state index contributed by atoms with van der Waals surface area (Å²) in [7, 11) is 0. The standard InChI is InChI=1S/C17H14O3/c1-12-9-15-16(8-7-14(10-18)17(15)20-12)19-11-13-5-3-2-4-6-13/h2-10H,11H2,1H3. The molecule has 0 aliphatic carbocycles. The van der Waals surface area contributed by atoms with Crippen molar-refractivity contribution in [2.75, 3.05) is 0 Å². The lowest BCUT2D eigenvalue weighted by Gasteiger charge is -2.07. The molecular weight excluding hydrogens is 252 g/mol. The third kappa shape index (κ3) is 2.30. The zero-order valence-corrected chi connectivity index (χ0v) is 11.1. The SMILES string of the molecule is Cc1cc2c(OCc3ccccc3)ccc(C=O)c2o1. The largest absolute Gasteiger partial charge is 0.488 e. The normalized spacial score (nSPS) is 10.7. The Bertz CT molecular complexity index is 742. The van der Waals surface area contributed by atoms with Crippen LogP contribution in [0.5, 0.6) is 5.75 Å². The van der Waals surface area contributed by atoms with Crippen LogP contribution < -0.4 is 4.74 Å². The lowest BCUT2D eigenvalue weighted by Crippen LogP contribution is -1.95. The van der Waals surface area contributed by atoms with Crippen molar-refractivity contribution in [1.29, 1.82) is 0 Å². The third-order valence-electron chi connectivity index (χ3n) is 3.16. The predicted octanol–water partition coefficient (Wildman–Crippen LogP) is 4.13. The Morgan fingerprint density at radius 2 is 1.95 bits per heavy atom. The summed E-state index contributed by atoms with van der Waals surface area (Å²) in [6.45, 7) is 2.34. The highest BCUT2D eigenvalue weighted by Crippen LogP contribution is 2.31. The summed E-state index contributed by atoms with van der Waals surface area (Å²) in [4.78, 5) is 11.0. The first-order chi connectivity index (χ1) is 9.78. The van der Waals surface area contributed by atoms with Crippen molar-refractivity contribution in [3.8, 4) is 5.75 Å². The third-order valence-corrected chi connectivity index (χ3v) is 3.16. The fourth-order valence-electron chi connectivity index (χ4n) is 2.20.